The van der Waals surface area contributed by atoms with Gasteiger partial charge in [0.05, 0.1) is 19.1 Å². The number of aromatic nitrogens is 1. The zero-order chi connectivity index (χ0) is 31.7. The van der Waals surface area contributed by atoms with Crippen molar-refractivity contribution in [1.29, 1.82) is 0 Å². The second-order valence-electron chi connectivity index (χ2n) is 12.4. The molecule has 1 fully saturated rings. The number of ether oxygens (including phenoxy) is 3. The fraction of sp³-hybridized carbons (Fsp3) is 0.378. The maximum absolute atomic E-state index is 12.7. The molecule has 2 heterocycles. The number of fused-ring (bicyclic) bond motifs is 3. The molecule has 3 aromatic carbocycles. The van der Waals surface area contributed by atoms with Crippen molar-refractivity contribution in [2.45, 2.75) is 71.0 Å². The smallest absolute Gasteiger partial charge is 0.410 e. The Morgan fingerprint density at radius 1 is 1.04 bits per heavy atom. The number of benzene rings is 3. The number of esters is 1. The third kappa shape index (κ3) is 5.93. The number of nitrogens with two attached hydrogens (primary N) is 1. The van der Waals surface area contributed by atoms with Crippen LogP contribution in [0.1, 0.15) is 68.4 Å². The Balaban J connectivity index is 1.39. The molecule has 8 heteroatoms. The van der Waals surface area contributed by atoms with Crippen molar-refractivity contribution in [3.05, 3.63) is 89.1 Å². The Morgan fingerprint density at radius 3 is 2.58 bits per heavy atom. The van der Waals surface area contributed by atoms with Gasteiger partial charge in [-0.15, -0.1) is 0 Å². The van der Waals surface area contributed by atoms with Gasteiger partial charge in [-0.1, -0.05) is 42.5 Å². The van der Waals surface area contributed by atoms with E-state index in [1.807, 2.05) is 69.0 Å². The van der Waals surface area contributed by atoms with Crippen LogP contribution < -0.4 is 10.5 Å². The highest BCUT2D eigenvalue weighted by Crippen LogP contribution is 2.53. The van der Waals surface area contributed by atoms with Crippen molar-refractivity contribution in [3.8, 4) is 16.9 Å². The predicted octanol–water partition coefficient (Wildman–Crippen LogP) is 7.30. The summed E-state index contributed by atoms with van der Waals surface area (Å²) in [6, 6.07) is 20.7. The van der Waals surface area contributed by atoms with E-state index < -0.39 is 0 Å². The van der Waals surface area contributed by atoms with Crippen LogP contribution in [0.2, 0.25) is 0 Å². The molecule has 0 bridgehead atoms. The number of nitrogen functional groups attached to an aromatic ring is 1. The normalized spacial score (nSPS) is 17.0. The van der Waals surface area contributed by atoms with Crippen LogP contribution in [-0.4, -0.2) is 47.7 Å². The Morgan fingerprint density at radius 2 is 1.82 bits per heavy atom. The molecule has 1 unspecified atom stereocenters. The molecule has 45 heavy (non-hydrogen) atoms. The first-order valence-corrected chi connectivity index (χ1v) is 15.8. The molecule has 2 N–H and O–H groups in total. The summed E-state index contributed by atoms with van der Waals surface area (Å²) in [5.74, 6) is 0.933. The van der Waals surface area contributed by atoms with Crippen molar-refractivity contribution in [2.75, 3.05) is 25.4 Å². The molecule has 1 saturated heterocycles. The van der Waals surface area contributed by atoms with Gasteiger partial charge in [-0.05, 0) is 98.4 Å². The number of piperidine rings is 1. The zero-order valence-corrected chi connectivity index (χ0v) is 26.5. The Kier molecular flexibility index (Phi) is 8.40. The molecule has 1 amide bonds. The summed E-state index contributed by atoms with van der Waals surface area (Å²) in [4.78, 5) is 31.4. The molecule has 1 atom stereocenters. The van der Waals surface area contributed by atoms with E-state index in [2.05, 4.69) is 29.2 Å². The lowest BCUT2D eigenvalue weighted by molar-refractivity contribution is -0.142. The first-order chi connectivity index (χ1) is 21.7. The van der Waals surface area contributed by atoms with Gasteiger partial charge in [-0.25, -0.2) is 9.78 Å². The predicted molar refractivity (Wildman–Crippen MR) is 175 cm³/mol. The molecule has 1 aromatic heterocycles. The van der Waals surface area contributed by atoms with E-state index in [1.54, 1.807) is 6.20 Å². The highest BCUT2D eigenvalue weighted by atomic mass is 16.6. The summed E-state index contributed by atoms with van der Waals surface area (Å²) in [5.41, 5.74) is 12.5. The van der Waals surface area contributed by atoms with Crippen LogP contribution in [-0.2, 0) is 26.1 Å². The van der Waals surface area contributed by atoms with Crippen molar-refractivity contribution >= 4 is 28.7 Å². The second kappa shape index (κ2) is 12.4. The number of aryl methyl sites for hydroxylation is 1. The van der Waals surface area contributed by atoms with Crippen molar-refractivity contribution in [1.82, 2.24) is 9.88 Å². The van der Waals surface area contributed by atoms with Gasteiger partial charge in [-0.3, -0.25) is 4.79 Å². The highest BCUT2D eigenvalue weighted by Gasteiger charge is 2.47. The third-order valence-corrected chi connectivity index (χ3v) is 9.27. The minimum absolute atomic E-state index is 0.147. The third-order valence-electron chi connectivity index (χ3n) is 9.27. The zero-order valence-electron chi connectivity index (χ0n) is 26.5. The monoisotopic (exact) mass is 607 g/mol. The molecule has 1 aliphatic carbocycles. The van der Waals surface area contributed by atoms with Gasteiger partial charge in [0.2, 0.25) is 0 Å². The molecule has 234 valence electrons. The Hall–Kier alpha value is -4.59. The average Bonchev–Trinajstić information content (AvgIpc) is 3.30. The fourth-order valence-electron chi connectivity index (χ4n) is 7.03. The molecule has 1 aliphatic heterocycles. The van der Waals surface area contributed by atoms with Gasteiger partial charge >= 0.3 is 12.1 Å². The lowest BCUT2D eigenvalue weighted by Gasteiger charge is -2.40. The average molecular weight is 608 g/mol. The van der Waals surface area contributed by atoms with Crippen LogP contribution >= 0.6 is 0 Å². The van der Waals surface area contributed by atoms with Gasteiger partial charge in [0.25, 0.3) is 0 Å². The van der Waals surface area contributed by atoms with E-state index in [0.717, 1.165) is 57.9 Å². The Bertz CT molecular complexity index is 1740. The SMILES string of the molecule is CCOC(=O)Cc1c(C)cccc1OC1CC2(CCN(C(=O)OC(C)C)CC2)c2ccc(-c3cccc4c(N)nccc34)cc21. The van der Waals surface area contributed by atoms with Crippen LogP contribution in [0.4, 0.5) is 10.6 Å². The van der Waals surface area contributed by atoms with Crippen molar-refractivity contribution in [2.24, 2.45) is 0 Å². The van der Waals surface area contributed by atoms with Crippen LogP contribution in [0, 0.1) is 6.92 Å². The maximum atomic E-state index is 12.7. The van der Waals surface area contributed by atoms with Gasteiger partial charge in [-0.2, -0.15) is 0 Å². The number of carbonyl (C=O) groups excluding carboxylic acids is 2. The molecule has 4 aromatic rings. The molecule has 8 nitrogen and oxygen atoms in total. The number of hydrogen-bond donors (Lipinski definition) is 1. The summed E-state index contributed by atoms with van der Waals surface area (Å²) >= 11 is 0. The number of rotatable bonds is 7. The van der Waals surface area contributed by atoms with Crippen LogP contribution in [0.5, 0.6) is 5.75 Å². The number of anilines is 1. The van der Waals surface area contributed by atoms with E-state index in [-0.39, 0.29) is 36.1 Å². The highest BCUT2D eigenvalue weighted by molar-refractivity contribution is 6.01. The molecule has 2 aliphatic rings. The minimum atomic E-state index is -0.271. The van der Waals surface area contributed by atoms with Crippen molar-refractivity contribution < 1.29 is 23.8 Å². The van der Waals surface area contributed by atoms with Crippen LogP contribution in [0.15, 0.2) is 66.9 Å². The number of likely N-dealkylation sites (tertiary alicyclic amines) is 1. The second-order valence-corrected chi connectivity index (χ2v) is 12.4. The van der Waals surface area contributed by atoms with Gasteiger partial charge in [0.1, 0.15) is 17.7 Å². The van der Waals surface area contributed by atoms with Crippen LogP contribution in [0.25, 0.3) is 21.9 Å². The molecule has 0 saturated carbocycles. The number of nitrogens with zero attached hydrogens (tertiary/aromatic N) is 2. The number of pyridine rings is 1. The van der Waals surface area contributed by atoms with E-state index >= 15 is 0 Å². The number of carbonyl (C=O) groups is 2. The molecule has 1 spiro atoms. The lowest BCUT2D eigenvalue weighted by Crippen LogP contribution is -2.45. The maximum Gasteiger partial charge on any atom is 0.410 e. The van der Waals surface area contributed by atoms with Crippen LogP contribution in [0.3, 0.4) is 0 Å². The van der Waals surface area contributed by atoms with Gasteiger partial charge in [0, 0.05) is 35.7 Å². The van der Waals surface area contributed by atoms with Gasteiger partial charge < -0.3 is 24.8 Å². The molecular weight excluding hydrogens is 566 g/mol. The van der Waals surface area contributed by atoms with Gasteiger partial charge in [0.15, 0.2) is 0 Å². The lowest BCUT2D eigenvalue weighted by atomic mass is 9.73. The molecular formula is C37H41N3O5. The number of amides is 1. The molecule has 0 radical (unpaired) electrons. The summed E-state index contributed by atoms with van der Waals surface area (Å²) in [6.45, 7) is 9.13. The first kappa shape index (κ1) is 30.4. The van der Waals surface area contributed by atoms with E-state index in [4.69, 9.17) is 19.9 Å². The topological polar surface area (TPSA) is 104 Å². The summed E-state index contributed by atoms with van der Waals surface area (Å²) in [6.07, 6.45) is 3.65. The number of hydrogen-bond acceptors (Lipinski definition) is 7. The quantitative estimate of drug-likeness (QED) is 0.220. The molecule has 6 rings (SSSR count). The summed E-state index contributed by atoms with van der Waals surface area (Å²) in [7, 11) is 0. The fourth-order valence-corrected chi connectivity index (χ4v) is 7.03. The van der Waals surface area contributed by atoms with E-state index in [9.17, 15) is 9.59 Å². The largest absolute Gasteiger partial charge is 0.485 e. The minimum Gasteiger partial charge on any atom is -0.485 e. The first-order valence-electron chi connectivity index (χ1n) is 15.8. The Labute approximate surface area is 264 Å². The summed E-state index contributed by atoms with van der Waals surface area (Å²) < 4.78 is 17.7. The van der Waals surface area contributed by atoms with Crippen molar-refractivity contribution in [3.63, 3.8) is 0 Å². The summed E-state index contributed by atoms with van der Waals surface area (Å²) in [5, 5.41) is 1.96. The van der Waals surface area contributed by atoms with E-state index in [1.165, 1.54) is 5.56 Å². The standard InChI is InChI=1S/C37H41N3O5/c1-5-43-34(41)21-29-24(4)8-6-11-32(29)45-33-22-37(15-18-40(19-16-37)36(42)44-23(2)3)31-13-12-25(20-30(31)33)26-9-7-10-28-27(26)14-17-39-35(28)38/h6-14,17,20,23,33H,5,15-16,18-19,21-22H2,1-4H3,(H2,38,39). The van der Waals surface area contributed by atoms with E-state index in [0.29, 0.717) is 31.3 Å².